The van der Waals surface area contributed by atoms with Crippen molar-refractivity contribution in [3.63, 3.8) is 0 Å². The Bertz CT molecular complexity index is 1350. The van der Waals surface area contributed by atoms with E-state index < -0.39 is 21.8 Å². The number of carbonyl (C=O) groups excluding carboxylic acids is 2. The molecule has 2 aromatic carbocycles. The molecule has 0 atom stereocenters. The molecule has 10 heteroatoms. The first-order valence-corrected chi connectivity index (χ1v) is 11.5. The molecule has 2 aliphatic heterocycles. The highest BCUT2D eigenvalue weighted by Gasteiger charge is 2.41. The summed E-state index contributed by atoms with van der Waals surface area (Å²) in [6.07, 6.45) is 0. The highest BCUT2D eigenvalue weighted by molar-refractivity contribution is 7.89. The van der Waals surface area contributed by atoms with Gasteiger partial charge in [-0.25, -0.2) is 8.42 Å². The second-order valence-electron chi connectivity index (χ2n) is 7.45. The number of hydrogen-bond acceptors (Lipinski definition) is 7. The predicted octanol–water partition coefficient (Wildman–Crippen LogP) is 2.15. The van der Waals surface area contributed by atoms with Gasteiger partial charge in [-0.3, -0.25) is 14.6 Å². The Morgan fingerprint density at radius 1 is 0.969 bits per heavy atom. The smallest absolute Gasteiger partial charge is 0.297 e. The highest BCUT2D eigenvalue weighted by Crippen LogP contribution is 2.33. The second-order valence-corrected chi connectivity index (χ2v) is 9.39. The molecule has 164 valence electrons. The first kappa shape index (κ1) is 20.6. The van der Waals surface area contributed by atoms with Crippen LogP contribution < -0.4 is 4.84 Å². The third kappa shape index (κ3) is 3.24. The molecule has 9 nitrogen and oxygen atoms in total. The molecule has 1 aromatic heterocycles. The Hall–Kier alpha value is -3.34. The lowest BCUT2D eigenvalue weighted by Gasteiger charge is -2.26. The Balaban J connectivity index is 1.61. The summed E-state index contributed by atoms with van der Waals surface area (Å²) >= 11 is 0. The molecule has 0 radical (unpaired) electrons. The molecule has 32 heavy (non-hydrogen) atoms. The molecule has 2 amide bonds. The number of para-hydroxylation sites is 1. The van der Waals surface area contributed by atoms with Crippen molar-refractivity contribution in [1.82, 2.24) is 14.4 Å². The van der Waals surface area contributed by atoms with Gasteiger partial charge in [-0.15, -0.1) is 0 Å². The summed E-state index contributed by atoms with van der Waals surface area (Å²) in [5.74, 6) is -0.972. The van der Waals surface area contributed by atoms with Gasteiger partial charge in [0.05, 0.1) is 40.4 Å². The Labute approximate surface area is 184 Å². The molecule has 5 rings (SSSR count). The Kier molecular flexibility index (Phi) is 4.92. The summed E-state index contributed by atoms with van der Waals surface area (Å²) < 4.78 is 32.8. The van der Waals surface area contributed by atoms with Crippen molar-refractivity contribution < 1.29 is 27.6 Å². The van der Waals surface area contributed by atoms with Crippen LogP contribution in [-0.4, -0.2) is 60.9 Å². The molecule has 3 heterocycles. The average molecular weight is 453 g/mol. The molecule has 0 spiro atoms. The number of sulfonamides is 1. The van der Waals surface area contributed by atoms with Gasteiger partial charge >= 0.3 is 0 Å². The van der Waals surface area contributed by atoms with Crippen molar-refractivity contribution in [2.75, 3.05) is 26.3 Å². The van der Waals surface area contributed by atoms with Crippen LogP contribution in [-0.2, 0) is 14.8 Å². The van der Waals surface area contributed by atoms with Gasteiger partial charge < -0.3 is 9.57 Å². The molecule has 2 aliphatic rings. The number of imide groups is 1. The fourth-order valence-electron chi connectivity index (χ4n) is 3.91. The molecular formula is C22H19N3O6S. The van der Waals surface area contributed by atoms with Crippen LogP contribution in [0.3, 0.4) is 0 Å². The molecule has 1 saturated heterocycles. The minimum absolute atomic E-state index is 0.0300. The predicted molar refractivity (Wildman–Crippen MR) is 114 cm³/mol. The summed E-state index contributed by atoms with van der Waals surface area (Å²) in [5.41, 5.74) is 0.991. The summed E-state index contributed by atoms with van der Waals surface area (Å²) in [6, 6.07) is 12.9. The summed E-state index contributed by atoms with van der Waals surface area (Å²) in [5, 5.41) is 0.981. The number of pyridine rings is 1. The lowest BCUT2D eigenvalue weighted by molar-refractivity contribution is -0.0140. The minimum atomic E-state index is -3.79. The average Bonchev–Trinajstić information content (AvgIpc) is 3.06. The second kappa shape index (κ2) is 7.66. The van der Waals surface area contributed by atoms with Gasteiger partial charge in [-0.05, 0) is 37.3 Å². The van der Waals surface area contributed by atoms with E-state index in [9.17, 15) is 18.0 Å². The summed E-state index contributed by atoms with van der Waals surface area (Å²) in [6.45, 7) is 2.78. The molecule has 0 N–H and O–H groups in total. The molecule has 0 unspecified atom stereocenters. The number of nitrogens with zero attached hydrogens (tertiary/aromatic N) is 3. The van der Waals surface area contributed by atoms with Crippen molar-refractivity contribution in [1.29, 1.82) is 0 Å². The third-order valence-corrected chi connectivity index (χ3v) is 7.38. The van der Waals surface area contributed by atoms with Crippen LogP contribution in [0.25, 0.3) is 10.9 Å². The van der Waals surface area contributed by atoms with E-state index >= 15 is 0 Å². The van der Waals surface area contributed by atoms with E-state index in [2.05, 4.69) is 4.98 Å². The quantitative estimate of drug-likeness (QED) is 0.557. The van der Waals surface area contributed by atoms with Crippen LogP contribution in [0.15, 0.2) is 53.4 Å². The molecule has 0 aliphatic carbocycles. The first-order chi connectivity index (χ1) is 15.4. The molecule has 0 saturated carbocycles. The van der Waals surface area contributed by atoms with E-state index in [0.29, 0.717) is 35.2 Å². The van der Waals surface area contributed by atoms with Gasteiger partial charge in [0.25, 0.3) is 11.8 Å². The number of morpholine rings is 1. The minimum Gasteiger partial charge on any atom is -0.379 e. The van der Waals surface area contributed by atoms with Crippen LogP contribution >= 0.6 is 0 Å². The lowest BCUT2D eigenvalue weighted by Crippen LogP contribution is -2.40. The standard InChI is InChI=1S/C22H19N3O6S/c1-14-19-20(22(27)25(21(19)26)31-15-5-3-2-4-6-15)17-13-16(7-8-18(17)23-14)32(28,29)24-9-11-30-12-10-24/h2-8,13H,9-12H2,1H3. The van der Waals surface area contributed by atoms with E-state index in [4.69, 9.17) is 9.57 Å². The van der Waals surface area contributed by atoms with Crippen LogP contribution in [0, 0.1) is 6.92 Å². The first-order valence-electron chi connectivity index (χ1n) is 10.0. The van der Waals surface area contributed by atoms with Crippen molar-refractivity contribution in [3.8, 4) is 5.75 Å². The maximum atomic E-state index is 13.2. The van der Waals surface area contributed by atoms with Crippen LogP contribution in [0.5, 0.6) is 5.75 Å². The van der Waals surface area contributed by atoms with Gasteiger partial charge in [0.1, 0.15) is 0 Å². The zero-order valence-electron chi connectivity index (χ0n) is 17.1. The number of hydrogen-bond donors (Lipinski definition) is 0. The number of benzene rings is 2. The van der Waals surface area contributed by atoms with E-state index in [0.717, 1.165) is 0 Å². The number of aryl methyl sites for hydroxylation is 1. The fraction of sp³-hybridized carbons (Fsp3) is 0.227. The molecule has 0 bridgehead atoms. The maximum absolute atomic E-state index is 13.2. The van der Waals surface area contributed by atoms with Gasteiger partial charge in [0.2, 0.25) is 10.0 Å². The molecular weight excluding hydrogens is 434 g/mol. The number of carbonyl (C=O) groups is 2. The summed E-state index contributed by atoms with van der Waals surface area (Å²) in [4.78, 5) is 36.2. The van der Waals surface area contributed by atoms with E-state index in [-0.39, 0.29) is 34.5 Å². The van der Waals surface area contributed by atoms with Gasteiger partial charge in [0, 0.05) is 18.5 Å². The number of ether oxygens (including phenoxy) is 1. The zero-order valence-corrected chi connectivity index (χ0v) is 18.0. The number of aromatic nitrogens is 1. The summed E-state index contributed by atoms with van der Waals surface area (Å²) in [7, 11) is -3.79. The van der Waals surface area contributed by atoms with Crippen LogP contribution in [0.1, 0.15) is 26.4 Å². The number of fused-ring (bicyclic) bond motifs is 3. The van der Waals surface area contributed by atoms with Gasteiger partial charge in [-0.2, -0.15) is 4.31 Å². The Morgan fingerprint density at radius 3 is 2.38 bits per heavy atom. The van der Waals surface area contributed by atoms with Crippen molar-refractivity contribution in [3.05, 3.63) is 65.4 Å². The van der Waals surface area contributed by atoms with Gasteiger partial charge in [-0.1, -0.05) is 23.3 Å². The third-order valence-electron chi connectivity index (χ3n) is 5.48. The number of hydroxylamine groups is 2. The van der Waals surface area contributed by atoms with Crippen LogP contribution in [0.4, 0.5) is 0 Å². The largest absolute Gasteiger partial charge is 0.379 e. The van der Waals surface area contributed by atoms with E-state index in [1.807, 2.05) is 0 Å². The number of amides is 2. The normalized spacial score (nSPS) is 17.1. The van der Waals surface area contributed by atoms with Gasteiger partial charge in [0.15, 0.2) is 5.75 Å². The van der Waals surface area contributed by atoms with Crippen molar-refractivity contribution in [2.45, 2.75) is 11.8 Å². The molecule has 3 aromatic rings. The SMILES string of the molecule is Cc1nc2ccc(S(=O)(=O)N3CCOCC3)cc2c2c1C(=O)N(Oc1ccccc1)C2=O. The maximum Gasteiger partial charge on any atom is 0.297 e. The number of rotatable bonds is 4. The molecule has 1 fully saturated rings. The highest BCUT2D eigenvalue weighted by atomic mass is 32.2. The topological polar surface area (TPSA) is 106 Å². The van der Waals surface area contributed by atoms with Crippen molar-refractivity contribution in [2.24, 2.45) is 0 Å². The fourth-order valence-corrected chi connectivity index (χ4v) is 5.35. The van der Waals surface area contributed by atoms with Crippen molar-refractivity contribution >= 4 is 32.7 Å². The van der Waals surface area contributed by atoms with E-state index in [1.165, 1.54) is 16.4 Å². The monoisotopic (exact) mass is 453 g/mol. The van der Waals surface area contributed by atoms with Crippen LogP contribution in [0.2, 0.25) is 0 Å². The Morgan fingerprint density at radius 2 is 1.66 bits per heavy atom. The lowest BCUT2D eigenvalue weighted by atomic mass is 10.0. The zero-order chi connectivity index (χ0) is 22.5. The van der Waals surface area contributed by atoms with E-state index in [1.54, 1.807) is 43.3 Å².